The van der Waals surface area contributed by atoms with Crippen molar-refractivity contribution in [3.63, 3.8) is 0 Å². The van der Waals surface area contributed by atoms with Crippen molar-refractivity contribution in [3.8, 4) is 0 Å². The number of primary amides is 1. The van der Waals surface area contributed by atoms with E-state index in [9.17, 15) is 4.79 Å². The third-order valence-electron chi connectivity index (χ3n) is 2.38. The molecule has 0 saturated heterocycles. The Morgan fingerprint density at radius 1 is 1.29 bits per heavy atom. The molecule has 1 rings (SSSR count). The van der Waals surface area contributed by atoms with Gasteiger partial charge in [0.1, 0.15) is 5.60 Å². The maximum atomic E-state index is 10.8. The molecule has 4 heteroatoms. The molecule has 17 heavy (non-hydrogen) atoms. The third-order valence-corrected chi connectivity index (χ3v) is 3.89. The normalized spacial score (nSPS) is 12.5. The van der Waals surface area contributed by atoms with E-state index in [-0.39, 0.29) is 5.41 Å². The second-order valence-electron chi connectivity index (χ2n) is 5.87. The first-order valence-corrected chi connectivity index (χ1v) is 6.49. The summed E-state index contributed by atoms with van der Waals surface area (Å²) < 4.78 is 5.08. The number of carbonyl (C=O) groups is 1. The molecule has 3 nitrogen and oxygen atoms in total. The van der Waals surface area contributed by atoms with Gasteiger partial charge in [-0.25, -0.2) is 4.79 Å². The van der Waals surface area contributed by atoms with Gasteiger partial charge >= 0.3 is 6.09 Å². The molecule has 0 unspecified atom stereocenters. The molecule has 0 radical (unpaired) electrons. The molecule has 0 fully saturated rings. The summed E-state index contributed by atoms with van der Waals surface area (Å²) in [6.07, 6.45) is -0.0287. The first-order valence-electron chi connectivity index (χ1n) is 5.68. The molecule has 0 aliphatic rings. The molecule has 0 aliphatic heterocycles. The predicted octanol–water partition coefficient (Wildman–Crippen LogP) is 3.46. The smallest absolute Gasteiger partial charge is 0.405 e. The molecular formula is C13H21NO2S. The lowest BCUT2D eigenvalue weighted by atomic mass is 9.95. The van der Waals surface area contributed by atoms with E-state index in [4.69, 9.17) is 10.5 Å². The first kappa shape index (κ1) is 14.0. The standard InChI is InChI=1S/C13H21NO2S/c1-12(2,3)10-7-6-9(17-10)8-13(4,5)16-11(14)15/h6-7H,8H2,1-5H3,(H2,14,15). The fourth-order valence-corrected chi connectivity index (χ4v) is 2.88. The van der Waals surface area contributed by atoms with E-state index in [0.29, 0.717) is 6.42 Å². The van der Waals surface area contributed by atoms with E-state index in [1.54, 1.807) is 11.3 Å². The Kier molecular flexibility index (Phi) is 3.87. The first-order chi connectivity index (χ1) is 7.60. The minimum absolute atomic E-state index is 0.164. The van der Waals surface area contributed by atoms with E-state index < -0.39 is 11.7 Å². The number of carbonyl (C=O) groups excluding carboxylic acids is 1. The van der Waals surface area contributed by atoms with Gasteiger partial charge in [0.15, 0.2) is 0 Å². The van der Waals surface area contributed by atoms with Crippen molar-refractivity contribution < 1.29 is 9.53 Å². The van der Waals surface area contributed by atoms with Crippen molar-refractivity contribution in [1.29, 1.82) is 0 Å². The number of amides is 1. The molecule has 1 heterocycles. The number of hydrogen-bond donors (Lipinski definition) is 1. The van der Waals surface area contributed by atoms with Crippen LogP contribution in [0.2, 0.25) is 0 Å². The lowest BCUT2D eigenvalue weighted by Crippen LogP contribution is -2.32. The highest BCUT2D eigenvalue weighted by Crippen LogP contribution is 2.31. The Morgan fingerprint density at radius 3 is 2.29 bits per heavy atom. The maximum absolute atomic E-state index is 10.8. The molecule has 0 spiro atoms. The van der Waals surface area contributed by atoms with E-state index in [1.807, 2.05) is 13.8 Å². The second-order valence-corrected chi connectivity index (χ2v) is 7.04. The minimum atomic E-state index is -0.720. The highest BCUT2D eigenvalue weighted by molar-refractivity contribution is 7.12. The zero-order valence-corrected chi connectivity index (χ0v) is 12.0. The van der Waals surface area contributed by atoms with Crippen molar-refractivity contribution in [2.24, 2.45) is 5.73 Å². The summed E-state index contributed by atoms with van der Waals surface area (Å²) in [7, 11) is 0. The average molecular weight is 255 g/mol. The number of nitrogens with two attached hydrogens (primary N) is 1. The van der Waals surface area contributed by atoms with Gasteiger partial charge in [-0.3, -0.25) is 0 Å². The monoisotopic (exact) mass is 255 g/mol. The number of thiophene rings is 1. The van der Waals surface area contributed by atoms with Crippen LogP contribution in [0.15, 0.2) is 12.1 Å². The molecule has 1 aromatic heterocycles. The molecule has 0 bridgehead atoms. The largest absolute Gasteiger partial charge is 0.443 e. The molecule has 0 saturated carbocycles. The van der Waals surface area contributed by atoms with Gasteiger partial charge in [0.25, 0.3) is 0 Å². The molecule has 0 atom stereocenters. The fraction of sp³-hybridized carbons (Fsp3) is 0.615. The number of ether oxygens (including phenoxy) is 1. The van der Waals surface area contributed by atoms with E-state index in [0.717, 1.165) is 0 Å². The minimum Gasteiger partial charge on any atom is -0.443 e. The molecule has 0 aromatic carbocycles. The van der Waals surface area contributed by atoms with Gasteiger partial charge in [-0.2, -0.15) is 0 Å². The molecule has 96 valence electrons. The van der Waals surface area contributed by atoms with Gasteiger partial charge < -0.3 is 10.5 Å². The summed E-state index contributed by atoms with van der Waals surface area (Å²) in [5.74, 6) is 0. The van der Waals surface area contributed by atoms with Crippen LogP contribution in [-0.4, -0.2) is 11.7 Å². The Balaban J connectivity index is 2.76. The maximum Gasteiger partial charge on any atom is 0.405 e. The Labute approximate surface area is 107 Å². The molecular weight excluding hydrogens is 234 g/mol. The van der Waals surface area contributed by atoms with E-state index in [1.165, 1.54) is 9.75 Å². The topological polar surface area (TPSA) is 52.3 Å². The van der Waals surface area contributed by atoms with Crippen LogP contribution in [0.25, 0.3) is 0 Å². The van der Waals surface area contributed by atoms with Crippen molar-refractivity contribution in [1.82, 2.24) is 0 Å². The van der Waals surface area contributed by atoms with Crippen LogP contribution in [0.1, 0.15) is 44.4 Å². The van der Waals surface area contributed by atoms with Crippen LogP contribution in [0.5, 0.6) is 0 Å². The van der Waals surface area contributed by atoms with Crippen LogP contribution in [-0.2, 0) is 16.6 Å². The van der Waals surface area contributed by atoms with Crippen LogP contribution in [0.3, 0.4) is 0 Å². The van der Waals surface area contributed by atoms with Gasteiger partial charge in [0.05, 0.1) is 0 Å². The molecule has 1 aromatic rings. The van der Waals surface area contributed by atoms with Crippen molar-refractivity contribution >= 4 is 17.4 Å². The van der Waals surface area contributed by atoms with Crippen LogP contribution in [0, 0.1) is 0 Å². The summed E-state index contributed by atoms with van der Waals surface area (Å²) in [5.41, 5.74) is 4.66. The van der Waals surface area contributed by atoms with Gasteiger partial charge in [-0.1, -0.05) is 20.8 Å². The van der Waals surface area contributed by atoms with Crippen LogP contribution >= 0.6 is 11.3 Å². The SMILES string of the molecule is CC(C)(Cc1ccc(C(C)(C)C)s1)OC(N)=O. The van der Waals surface area contributed by atoms with Gasteiger partial charge in [-0.05, 0) is 31.4 Å². The quantitative estimate of drug-likeness (QED) is 0.899. The Bertz CT molecular complexity index is 402. The predicted molar refractivity (Wildman–Crippen MR) is 71.5 cm³/mol. The molecule has 1 amide bonds. The Morgan fingerprint density at radius 2 is 1.88 bits per heavy atom. The molecule has 0 aliphatic carbocycles. The summed E-state index contributed by atoms with van der Waals surface area (Å²) in [6, 6.07) is 4.23. The van der Waals surface area contributed by atoms with Gasteiger partial charge in [0, 0.05) is 16.2 Å². The van der Waals surface area contributed by atoms with Crippen molar-refractivity contribution in [2.75, 3.05) is 0 Å². The third kappa shape index (κ3) is 4.38. The van der Waals surface area contributed by atoms with Crippen molar-refractivity contribution in [3.05, 3.63) is 21.9 Å². The highest BCUT2D eigenvalue weighted by atomic mass is 32.1. The fourth-order valence-electron chi connectivity index (χ4n) is 1.60. The van der Waals surface area contributed by atoms with E-state index in [2.05, 4.69) is 32.9 Å². The van der Waals surface area contributed by atoms with Crippen LogP contribution < -0.4 is 5.73 Å². The zero-order chi connectivity index (χ0) is 13.3. The Hall–Kier alpha value is -1.03. The summed E-state index contributed by atoms with van der Waals surface area (Å²) in [4.78, 5) is 13.3. The summed E-state index contributed by atoms with van der Waals surface area (Å²) in [6.45, 7) is 10.3. The van der Waals surface area contributed by atoms with Gasteiger partial charge in [0.2, 0.25) is 0 Å². The zero-order valence-electron chi connectivity index (χ0n) is 11.2. The lowest BCUT2D eigenvalue weighted by molar-refractivity contribution is 0.0466. The highest BCUT2D eigenvalue weighted by Gasteiger charge is 2.24. The number of rotatable bonds is 3. The van der Waals surface area contributed by atoms with E-state index >= 15 is 0 Å². The van der Waals surface area contributed by atoms with Crippen molar-refractivity contribution in [2.45, 2.75) is 52.1 Å². The average Bonchev–Trinajstić information content (AvgIpc) is 2.47. The second kappa shape index (κ2) is 4.69. The molecule has 2 N–H and O–H groups in total. The lowest BCUT2D eigenvalue weighted by Gasteiger charge is -2.23. The summed E-state index contributed by atoms with van der Waals surface area (Å²) >= 11 is 1.76. The summed E-state index contributed by atoms with van der Waals surface area (Å²) in [5, 5.41) is 0. The van der Waals surface area contributed by atoms with Crippen LogP contribution in [0.4, 0.5) is 4.79 Å². The number of hydrogen-bond acceptors (Lipinski definition) is 3. The van der Waals surface area contributed by atoms with Gasteiger partial charge in [-0.15, -0.1) is 11.3 Å².